The first-order valence-corrected chi connectivity index (χ1v) is 10.5. The van der Waals surface area contributed by atoms with Crippen molar-refractivity contribution in [3.8, 4) is 0 Å². The number of likely N-dealkylation sites (tertiary alicyclic amines) is 1. The molecule has 144 valence electrons. The molecule has 2 aliphatic heterocycles. The first-order chi connectivity index (χ1) is 12.9. The Labute approximate surface area is 171 Å². The van der Waals surface area contributed by atoms with Gasteiger partial charge >= 0.3 is 0 Å². The Morgan fingerprint density at radius 2 is 2.00 bits per heavy atom. The summed E-state index contributed by atoms with van der Waals surface area (Å²) in [5, 5.41) is 14.5. The van der Waals surface area contributed by atoms with Crippen LogP contribution in [0.5, 0.6) is 0 Å². The van der Waals surface area contributed by atoms with E-state index in [2.05, 4.69) is 4.98 Å². The number of nitrogens with zero attached hydrogens (tertiary/aromatic N) is 2. The Bertz CT molecular complexity index is 817. The number of halogens is 2. The van der Waals surface area contributed by atoms with Gasteiger partial charge in [-0.05, 0) is 30.5 Å². The third kappa shape index (κ3) is 3.74. The van der Waals surface area contributed by atoms with E-state index in [1.54, 1.807) is 24.4 Å². The molecule has 0 radical (unpaired) electrons. The Balaban J connectivity index is 1.39. The predicted molar refractivity (Wildman–Crippen MR) is 105 cm³/mol. The average Bonchev–Trinajstić information content (AvgIpc) is 3.29. The van der Waals surface area contributed by atoms with Gasteiger partial charge in [-0.2, -0.15) is 0 Å². The summed E-state index contributed by atoms with van der Waals surface area (Å²) >= 11 is 13.8. The number of hydrogen-bond acceptors (Lipinski definition) is 5. The van der Waals surface area contributed by atoms with E-state index in [0.29, 0.717) is 53.0 Å². The number of aromatic nitrogens is 1. The molecule has 1 aromatic heterocycles. The fourth-order valence-corrected chi connectivity index (χ4v) is 5.20. The van der Waals surface area contributed by atoms with E-state index in [9.17, 15) is 9.90 Å². The second-order valence-electron chi connectivity index (χ2n) is 7.28. The zero-order valence-corrected chi connectivity index (χ0v) is 17.0. The van der Waals surface area contributed by atoms with Crippen LogP contribution in [-0.2, 0) is 21.6 Å². The molecular formula is C19H20Cl2N2O3S. The number of rotatable bonds is 3. The summed E-state index contributed by atoms with van der Waals surface area (Å²) in [6.07, 6.45) is 3.80. The Kier molecular flexibility index (Phi) is 5.20. The quantitative estimate of drug-likeness (QED) is 0.812. The normalized spacial score (nSPS) is 24.5. The molecule has 0 bridgehead atoms. The molecular weight excluding hydrogens is 407 g/mol. The van der Waals surface area contributed by atoms with Gasteiger partial charge in [0.15, 0.2) is 0 Å². The fraction of sp³-hybridized carbons (Fsp3) is 0.474. The van der Waals surface area contributed by atoms with Crippen LogP contribution in [0.4, 0.5) is 0 Å². The molecule has 3 heterocycles. The topological polar surface area (TPSA) is 62.7 Å². The number of piperidine rings is 1. The van der Waals surface area contributed by atoms with Crippen molar-refractivity contribution in [3.05, 3.63) is 50.4 Å². The van der Waals surface area contributed by atoms with Gasteiger partial charge in [0.25, 0.3) is 0 Å². The van der Waals surface area contributed by atoms with Gasteiger partial charge in [-0.25, -0.2) is 4.98 Å². The van der Waals surface area contributed by atoms with E-state index < -0.39 is 5.60 Å². The maximum Gasteiger partial charge on any atom is 0.227 e. The van der Waals surface area contributed by atoms with Crippen molar-refractivity contribution in [1.29, 1.82) is 0 Å². The molecule has 2 fully saturated rings. The predicted octanol–water partition coefficient (Wildman–Crippen LogP) is 3.66. The van der Waals surface area contributed by atoms with E-state index in [0.717, 1.165) is 0 Å². The molecule has 0 saturated carbocycles. The van der Waals surface area contributed by atoms with Gasteiger partial charge < -0.3 is 14.7 Å². The molecule has 1 N–H and O–H groups in total. The Hall–Kier alpha value is -1.18. The van der Waals surface area contributed by atoms with Crippen LogP contribution in [0.1, 0.15) is 29.8 Å². The van der Waals surface area contributed by atoms with Crippen LogP contribution >= 0.6 is 34.5 Å². The van der Waals surface area contributed by atoms with Crippen LogP contribution in [0, 0.1) is 0 Å². The van der Waals surface area contributed by atoms with E-state index in [4.69, 9.17) is 27.9 Å². The molecule has 1 spiro atoms. The van der Waals surface area contributed by atoms with Crippen molar-refractivity contribution in [3.63, 3.8) is 0 Å². The van der Waals surface area contributed by atoms with Crippen LogP contribution < -0.4 is 0 Å². The van der Waals surface area contributed by atoms with Gasteiger partial charge in [-0.1, -0.05) is 29.3 Å². The lowest BCUT2D eigenvalue weighted by Crippen LogP contribution is -2.47. The molecule has 27 heavy (non-hydrogen) atoms. The lowest BCUT2D eigenvalue weighted by atomic mass is 9.83. The largest absolute Gasteiger partial charge is 0.380 e. The molecule has 5 nitrogen and oxygen atoms in total. The summed E-state index contributed by atoms with van der Waals surface area (Å²) in [6, 6.07) is 5.25. The number of hydrogen-bond donors (Lipinski definition) is 1. The molecule has 8 heteroatoms. The Morgan fingerprint density at radius 3 is 2.63 bits per heavy atom. The van der Waals surface area contributed by atoms with E-state index >= 15 is 0 Å². The summed E-state index contributed by atoms with van der Waals surface area (Å²) in [6.45, 7) is 1.44. The minimum absolute atomic E-state index is 0.00744. The Morgan fingerprint density at radius 1 is 1.30 bits per heavy atom. The minimum atomic E-state index is -1.02. The average molecular weight is 427 g/mol. The van der Waals surface area contributed by atoms with Crippen LogP contribution in [0.2, 0.25) is 10.0 Å². The van der Waals surface area contributed by atoms with Gasteiger partial charge in [0.2, 0.25) is 5.91 Å². The summed E-state index contributed by atoms with van der Waals surface area (Å²) in [5.41, 5.74) is -0.744. The van der Waals surface area contributed by atoms with E-state index in [1.807, 2.05) is 10.3 Å². The summed E-state index contributed by atoms with van der Waals surface area (Å²) in [7, 11) is 0. The van der Waals surface area contributed by atoms with Crippen molar-refractivity contribution < 1.29 is 14.6 Å². The number of thiazole rings is 1. The van der Waals surface area contributed by atoms with Gasteiger partial charge in [0.05, 0.1) is 18.6 Å². The molecule has 2 saturated heterocycles. The number of ether oxygens (including phenoxy) is 1. The highest BCUT2D eigenvalue weighted by Gasteiger charge is 2.52. The highest BCUT2D eigenvalue weighted by molar-refractivity contribution is 7.09. The molecule has 4 rings (SSSR count). The number of aliphatic hydroxyl groups is 1. The highest BCUT2D eigenvalue weighted by atomic mass is 35.5. The third-order valence-corrected chi connectivity index (χ3v) is 7.15. The zero-order chi connectivity index (χ0) is 19.1. The van der Waals surface area contributed by atoms with Crippen molar-refractivity contribution in [2.45, 2.75) is 36.9 Å². The monoisotopic (exact) mass is 426 g/mol. The molecule has 2 aliphatic rings. The second-order valence-corrected chi connectivity index (χ2v) is 8.98. The summed E-state index contributed by atoms with van der Waals surface area (Å²) in [5.74, 6) is 0.00744. The summed E-state index contributed by atoms with van der Waals surface area (Å²) in [4.78, 5) is 18.8. The lowest BCUT2D eigenvalue weighted by molar-refractivity contribution is -0.135. The third-order valence-electron chi connectivity index (χ3n) is 5.48. The van der Waals surface area contributed by atoms with Crippen molar-refractivity contribution in [2.75, 3.05) is 19.7 Å². The lowest BCUT2D eigenvalue weighted by Gasteiger charge is -2.39. The van der Waals surface area contributed by atoms with E-state index in [-0.39, 0.29) is 24.5 Å². The molecule has 2 aromatic rings. The minimum Gasteiger partial charge on any atom is -0.380 e. The molecule has 1 aromatic carbocycles. The zero-order valence-electron chi connectivity index (χ0n) is 14.7. The van der Waals surface area contributed by atoms with Crippen LogP contribution in [0.3, 0.4) is 0 Å². The number of carbonyl (C=O) groups excluding carboxylic acids is 1. The number of benzene rings is 1. The van der Waals surface area contributed by atoms with Crippen molar-refractivity contribution >= 4 is 40.4 Å². The van der Waals surface area contributed by atoms with Crippen LogP contribution in [0.15, 0.2) is 29.8 Å². The summed E-state index contributed by atoms with van der Waals surface area (Å²) < 4.78 is 6.04. The molecule has 0 aliphatic carbocycles. The van der Waals surface area contributed by atoms with Crippen molar-refractivity contribution in [2.24, 2.45) is 0 Å². The maximum atomic E-state index is 12.7. The molecule has 1 atom stereocenters. The number of amides is 1. The second kappa shape index (κ2) is 7.33. The smallest absolute Gasteiger partial charge is 0.227 e. The highest BCUT2D eigenvalue weighted by Crippen LogP contribution is 2.45. The van der Waals surface area contributed by atoms with Gasteiger partial charge in [0, 0.05) is 41.1 Å². The standard InChI is InChI=1S/C19H20Cl2N2O3S/c20-14-2-1-3-15(21)13(14)10-16(24)23-7-4-18(5-8-23)11-19(25,12-26-18)17-22-6-9-27-17/h1-3,6,9,25H,4-5,7-8,10-12H2. The van der Waals surface area contributed by atoms with Gasteiger partial charge in [0.1, 0.15) is 10.6 Å². The first kappa shape index (κ1) is 19.2. The maximum absolute atomic E-state index is 12.7. The van der Waals surface area contributed by atoms with Crippen LogP contribution in [0.25, 0.3) is 0 Å². The fourth-order valence-electron chi connectivity index (χ4n) is 3.95. The SMILES string of the molecule is O=C(Cc1c(Cl)cccc1Cl)N1CCC2(CC1)CC(O)(c1nccs1)CO2. The van der Waals surface area contributed by atoms with Crippen LogP contribution in [-0.4, -0.2) is 46.2 Å². The molecule has 1 amide bonds. The molecule has 1 unspecified atom stereocenters. The first-order valence-electron chi connectivity index (χ1n) is 8.88. The number of carbonyl (C=O) groups is 1. The van der Waals surface area contributed by atoms with E-state index in [1.165, 1.54) is 11.3 Å². The van der Waals surface area contributed by atoms with Crippen molar-refractivity contribution in [1.82, 2.24) is 9.88 Å². The van der Waals surface area contributed by atoms with Gasteiger partial charge in [-0.3, -0.25) is 4.79 Å². The van der Waals surface area contributed by atoms with Gasteiger partial charge in [-0.15, -0.1) is 11.3 Å².